The van der Waals surface area contributed by atoms with Gasteiger partial charge in [-0.15, -0.1) is 5.10 Å². The number of nitrogens with zero attached hydrogens (tertiary/aromatic N) is 5. The zero-order valence-corrected chi connectivity index (χ0v) is 15.7. The Kier molecular flexibility index (Phi) is 5.29. The number of nitrogens with one attached hydrogen (secondary N) is 1. The van der Waals surface area contributed by atoms with Gasteiger partial charge in [0.1, 0.15) is 5.75 Å². The molecule has 1 saturated heterocycles. The summed E-state index contributed by atoms with van der Waals surface area (Å²) in [7, 11) is 1.65. The SMILES string of the molecule is COc1ccc(CN2CCC2C(=O)NCc2nnnn2-c2ccccc2)cc1. The Balaban J connectivity index is 1.34. The molecule has 1 unspecified atom stereocenters. The van der Waals surface area contributed by atoms with E-state index in [2.05, 4.69) is 25.7 Å². The van der Waals surface area contributed by atoms with Gasteiger partial charge >= 0.3 is 0 Å². The summed E-state index contributed by atoms with van der Waals surface area (Å²) in [5.74, 6) is 1.43. The van der Waals surface area contributed by atoms with Crippen molar-refractivity contribution >= 4 is 5.91 Å². The Labute approximate surface area is 163 Å². The predicted octanol–water partition coefficient (Wildman–Crippen LogP) is 1.56. The highest BCUT2D eigenvalue weighted by Crippen LogP contribution is 2.22. The van der Waals surface area contributed by atoms with Crippen LogP contribution in [-0.2, 0) is 17.9 Å². The molecule has 1 aromatic heterocycles. The lowest BCUT2D eigenvalue weighted by molar-refractivity contribution is -0.131. The number of carbonyl (C=O) groups excluding carboxylic acids is 1. The quantitative estimate of drug-likeness (QED) is 0.672. The van der Waals surface area contributed by atoms with Gasteiger partial charge in [0.05, 0.1) is 25.4 Å². The summed E-state index contributed by atoms with van der Waals surface area (Å²) in [5, 5.41) is 14.7. The molecule has 1 N–H and O–H groups in total. The normalized spacial score (nSPS) is 16.4. The predicted molar refractivity (Wildman–Crippen MR) is 103 cm³/mol. The Bertz CT molecular complexity index is 925. The number of amides is 1. The van der Waals surface area contributed by atoms with Gasteiger partial charge < -0.3 is 10.1 Å². The maximum atomic E-state index is 12.6. The maximum absolute atomic E-state index is 12.6. The third kappa shape index (κ3) is 3.86. The fourth-order valence-electron chi connectivity index (χ4n) is 3.26. The van der Waals surface area contributed by atoms with Gasteiger partial charge in [0.25, 0.3) is 0 Å². The number of tetrazole rings is 1. The van der Waals surface area contributed by atoms with E-state index in [4.69, 9.17) is 4.74 Å². The van der Waals surface area contributed by atoms with Crippen molar-refractivity contribution in [1.29, 1.82) is 0 Å². The van der Waals surface area contributed by atoms with Crippen molar-refractivity contribution in [1.82, 2.24) is 30.4 Å². The number of ether oxygens (including phenoxy) is 1. The summed E-state index contributed by atoms with van der Waals surface area (Å²) in [4.78, 5) is 14.8. The van der Waals surface area contributed by atoms with Crippen LogP contribution in [0.1, 0.15) is 17.8 Å². The molecule has 0 spiro atoms. The molecule has 1 amide bonds. The van der Waals surface area contributed by atoms with E-state index >= 15 is 0 Å². The lowest BCUT2D eigenvalue weighted by Gasteiger charge is -2.39. The van der Waals surface area contributed by atoms with Crippen LogP contribution in [0, 0.1) is 0 Å². The van der Waals surface area contributed by atoms with Crippen LogP contribution in [0.5, 0.6) is 5.75 Å². The third-order valence-electron chi connectivity index (χ3n) is 4.93. The topological polar surface area (TPSA) is 85.2 Å². The molecule has 3 aromatic rings. The molecule has 0 bridgehead atoms. The van der Waals surface area contributed by atoms with Crippen LogP contribution in [0.15, 0.2) is 54.6 Å². The first-order chi connectivity index (χ1) is 13.7. The van der Waals surface area contributed by atoms with Gasteiger partial charge in [0, 0.05) is 13.1 Å². The summed E-state index contributed by atoms with van der Waals surface area (Å²) in [6.45, 7) is 1.93. The molecule has 0 radical (unpaired) electrons. The smallest absolute Gasteiger partial charge is 0.237 e. The average molecular weight is 378 g/mol. The number of benzene rings is 2. The van der Waals surface area contributed by atoms with E-state index in [0.29, 0.717) is 5.82 Å². The molecule has 8 heteroatoms. The van der Waals surface area contributed by atoms with Crippen molar-refractivity contribution in [3.8, 4) is 11.4 Å². The first kappa shape index (κ1) is 18.1. The summed E-state index contributed by atoms with van der Waals surface area (Å²) < 4.78 is 6.82. The number of para-hydroxylation sites is 1. The molecule has 1 aliphatic heterocycles. The molecule has 4 rings (SSSR count). The zero-order valence-electron chi connectivity index (χ0n) is 15.7. The van der Waals surface area contributed by atoms with Crippen molar-refractivity contribution in [2.45, 2.75) is 25.6 Å². The molecular weight excluding hydrogens is 356 g/mol. The van der Waals surface area contributed by atoms with E-state index in [0.717, 1.165) is 36.5 Å². The molecular formula is C20H22N6O2. The molecule has 2 aromatic carbocycles. The number of aromatic nitrogens is 4. The number of methoxy groups -OCH3 is 1. The van der Waals surface area contributed by atoms with E-state index in [1.165, 1.54) is 0 Å². The van der Waals surface area contributed by atoms with Crippen LogP contribution in [0.25, 0.3) is 5.69 Å². The number of carbonyl (C=O) groups is 1. The number of rotatable bonds is 7. The van der Waals surface area contributed by atoms with Crippen molar-refractivity contribution in [2.75, 3.05) is 13.7 Å². The van der Waals surface area contributed by atoms with E-state index < -0.39 is 0 Å². The van der Waals surface area contributed by atoms with Crippen LogP contribution in [0.2, 0.25) is 0 Å². The van der Waals surface area contributed by atoms with Gasteiger partial charge in [0.15, 0.2) is 5.82 Å². The first-order valence-corrected chi connectivity index (χ1v) is 9.22. The van der Waals surface area contributed by atoms with Gasteiger partial charge in [-0.1, -0.05) is 30.3 Å². The summed E-state index contributed by atoms with van der Waals surface area (Å²) in [6, 6.07) is 17.4. The average Bonchev–Trinajstić information content (AvgIpc) is 3.19. The van der Waals surface area contributed by atoms with Gasteiger partial charge in [-0.25, -0.2) is 0 Å². The molecule has 0 aliphatic carbocycles. The zero-order chi connectivity index (χ0) is 19.3. The van der Waals surface area contributed by atoms with Crippen molar-refractivity contribution in [3.05, 3.63) is 66.0 Å². The molecule has 8 nitrogen and oxygen atoms in total. The fourth-order valence-corrected chi connectivity index (χ4v) is 3.26. The monoisotopic (exact) mass is 378 g/mol. The Hall–Kier alpha value is -3.26. The highest BCUT2D eigenvalue weighted by atomic mass is 16.5. The molecule has 144 valence electrons. The first-order valence-electron chi connectivity index (χ1n) is 9.22. The van der Waals surface area contributed by atoms with Crippen molar-refractivity contribution < 1.29 is 9.53 Å². The summed E-state index contributed by atoms with van der Waals surface area (Å²) in [6.07, 6.45) is 0.853. The summed E-state index contributed by atoms with van der Waals surface area (Å²) >= 11 is 0. The molecule has 1 atom stereocenters. The molecule has 28 heavy (non-hydrogen) atoms. The number of hydrogen-bond donors (Lipinski definition) is 1. The van der Waals surface area contributed by atoms with Crippen LogP contribution in [-0.4, -0.2) is 50.7 Å². The lowest BCUT2D eigenvalue weighted by Crippen LogP contribution is -2.55. The van der Waals surface area contributed by atoms with Crippen LogP contribution in [0.3, 0.4) is 0 Å². The minimum absolute atomic E-state index is 0.00220. The second-order valence-corrected chi connectivity index (χ2v) is 6.68. The van der Waals surface area contributed by atoms with Gasteiger partial charge in [-0.05, 0) is 46.7 Å². The van der Waals surface area contributed by atoms with E-state index in [1.807, 2.05) is 54.6 Å². The van der Waals surface area contributed by atoms with Crippen molar-refractivity contribution in [2.24, 2.45) is 0 Å². The largest absolute Gasteiger partial charge is 0.497 e. The van der Waals surface area contributed by atoms with Gasteiger partial charge in [-0.2, -0.15) is 4.68 Å². The van der Waals surface area contributed by atoms with Crippen LogP contribution < -0.4 is 10.1 Å². The highest BCUT2D eigenvalue weighted by Gasteiger charge is 2.33. The van der Waals surface area contributed by atoms with E-state index in [-0.39, 0.29) is 18.5 Å². The van der Waals surface area contributed by atoms with E-state index in [1.54, 1.807) is 11.8 Å². The minimum atomic E-state index is -0.122. The van der Waals surface area contributed by atoms with Crippen molar-refractivity contribution in [3.63, 3.8) is 0 Å². The second kappa shape index (κ2) is 8.18. The Morgan fingerprint density at radius 3 is 2.64 bits per heavy atom. The number of hydrogen-bond acceptors (Lipinski definition) is 6. The fraction of sp³-hybridized carbons (Fsp3) is 0.300. The van der Waals surface area contributed by atoms with E-state index in [9.17, 15) is 4.79 Å². The van der Waals surface area contributed by atoms with Crippen LogP contribution in [0.4, 0.5) is 0 Å². The Morgan fingerprint density at radius 1 is 1.18 bits per heavy atom. The molecule has 2 heterocycles. The Morgan fingerprint density at radius 2 is 1.96 bits per heavy atom. The molecule has 1 fully saturated rings. The lowest BCUT2D eigenvalue weighted by atomic mass is 10.0. The third-order valence-corrected chi connectivity index (χ3v) is 4.93. The standard InChI is InChI=1S/C20H22N6O2/c1-28-17-9-7-15(8-10-17)14-25-12-11-18(25)20(27)21-13-19-22-23-24-26(19)16-5-3-2-4-6-16/h2-10,18H,11-14H2,1H3,(H,21,27). The maximum Gasteiger partial charge on any atom is 0.237 e. The second-order valence-electron chi connectivity index (χ2n) is 6.68. The van der Waals surface area contributed by atoms with Gasteiger partial charge in [-0.3, -0.25) is 9.69 Å². The summed E-state index contributed by atoms with van der Waals surface area (Å²) in [5.41, 5.74) is 2.02. The minimum Gasteiger partial charge on any atom is -0.497 e. The molecule has 0 saturated carbocycles. The van der Waals surface area contributed by atoms with Gasteiger partial charge in [0.2, 0.25) is 5.91 Å². The number of likely N-dealkylation sites (tertiary alicyclic amines) is 1. The van der Waals surface area contributed by atoms with Crippen LogP contribution >= 0.6 is 0 Å². The highest BCUT2D eigenvalue weighted by molar-refractivity contribution is 5.82. The molecule has 1 aliphatic rings.